The molecule has 21 heavy (non-hydrogen) atoms. The minimum Gasteiger partial charge on any atom is -0.384 e. The van der Waals surface area contributed by atoms with Crippen LogP contribution in [0, 0.1) is 0 Å². The number of nitrogens with one attached hydrogen (secondary N) is 1. The zero-order valence-electron chi connectivity index (χ0n) is 12.3. The predicted octanol–water partition coefficient (Wildman–Crippen LogP) is 2.31. The molecule has 0 amide bonds. The van der Waals surface area contributed by atoms with Crippen LogP contribution >= 0.6 is 11.6 Å². The van der Waals surface area contributed by atoms with Gasteiger partial charge in [0.05, 0.1) is 15.5 Å². The van der Waals surface area contributed by atoms with E-state index in [1.54, 1.807) is 0 Å². The highest BCUT2D eigenvalue weighted by Crippen LogP contribution is 2.25. The lowest BCUT2D eigenvalue weighted by atomic mass is 10.2. The first-order chi connectivity index (χ1) is 9.55. The standard InChI is InChI=1S/C13H20ClNO4S2/c1-4-10(14)7-8-15-12-6-5-11(20(2,16)17)9-13(12)21(3,18)19/h5-6,9-10,15H,4,7-8H2,1-3H3. The van der Waals surface area contributed by atoms with Crippen molar-refractivity contribution in [1.29, 1.82) is 0 Å². The number of halogens is 1. The van der Waals surface area contributed by atoms with Gasteiger partial charge in [-0.1, -0.05) is 6.92 Å². The first-order valence-corrected chi connectivity index (χ1v) is 10.7. The van der Waals surface area contributed by atoms with Gasteiger partial charge in [0.2, 0.25) is 0 Å². The highest BCUT2D eigenvalue weighted by molar-refractivity contribution is 7.91. The van der Waals surface area contributed by atoms with Crippen LogP contribution in [0.1, 0.15) is 19.8 Å². The lowest BCUT2D eigenvalue weighted by Crippen LogP contribution is -2.12. The van der Waals surface area contributed by atoms with Crippen molar-refractivity contribution < 1.29 is 16.8 Å². The molecule has 0 fully saturated rings. The topological polar surface area (TPSA) is 80.3 Å². The third-order valence-electron chi connectivity index (χ3n) is 3.00. The van der Waals surface area contributed by atoms with Gasteiger partial charge in [-0.25, -0.2) is 16.8 Å². The number of hydrogen-bond acceptors (Lipinski definition) is 5. The molecule has 0 radical (unpaired) electrons. The van der Waals surface area contributed by atoms with E-state index in [4.69, 9.17) is 11.6 Å². The van der Waals surface area contributed by atoms with Gasteiger partial charge >= 0.3 is 0 Å². The van der Waals surface area contributed by atoms with Gasteiger partial charge in [-0.2, -0.15) is 0 Å². The monoisotopic (exact) mass is 353 g/mol. The normalized spacial score (nSPS) is 13.9. The van der Waals surface area contributed by atoms with E-state index in [0.29, 0.717) is 18.7 Å². The van der Waals surface area contributed by atoms with Crippen LogP contribution < -0.4 is 5.32 Å². The van der Waals surface area contributed by atoms with Crippen molar-refractivity contribution in [2.75, 3.05) is 24.4 Å². The molecule has 5 nitrogen and oxygen atoms in total. The molecular weight excluding hydrogens is 334 g/mol. The van der Waals surface area contributed by atoms with Crippen LogP contribution in [0.3, 0.4) is 0 Å². The van der Waals surface area contributed by atoms with Crippen LogP contribution in [0.2, 0.25) is 0 Å². The molecule has 0 bridgehead atoms. The van der Waals surface area contributed by atoms with Crippen molar-refractivity contribution in [1.82, 2.24) is 0 Å². The molecular formula is C13H20ClNO4S2. The lowest BCUT2D eigenvalue weighted by Gasteiger charge is -2.13. The Kier molecular flexibility index (Phi) is 6.07. The molecule has 0 spiro atoms. The molecule has 120 valence electrons. The second kappa shape index (κ2) is 6.98. The average molecular weight is 354 g/mol. The summed E-state index contributed by atoms with van der Waals surface area (Å²) in [5.41, 5.74) is 0.393. The van der Waals surface area contributed by atoms with Crippen molar-refractivity contribution in [3.8, 4) is 0 Å². The van der Waals surface area contributed by atoms with E-state index in [-0.39, 0.29) is 15.2 Å². The second-order valence-corrected chi connectivity index (χ2v) is 9.54. The molecule has 0 aromatic heterocycles. The van der Waals surface area contributed by atoms with Gasteiger partial charge in [-0.05, 0) is 31.0 Å². The summed E-state index contributed by atoms with van der Waals surface area (Å²) in [6, 6.07) is 4.05. The van der Waals surface area contributed by atoms with Gasteiger partial charge in [0.25, 0.3) is 0 Å². The van der Waals surface area contributed by atoms with Gasteiger partial charge < -0.3 is 5.32 Å². The lowest BCUT2D eigenvalue weighted by molar-refractivity contribution is 0.600. The van der Waals surface area contributed by atoms with Gasteiger partial charge in [-0.3, -0.25) is 0 Å². The molecule has 0 aliphatic rings. The fraction of sp³-hybridized carbons (Fsp3) is 0.538. The number of rotatable bonds is 7. The SMILES string of the molecule is CCC(Cl)CCNc1ccc(S(C)(=O)=O)cc1S(C)(=O)=O. The number of hydrogen-bond donors (Lipinski definition) is 1. The third-order valence-corrected chi connectivity index (χ3v) is 5.77. The van der Waals surface area contributed by atoms with Crippen LogP contribution in [-0.2, 0) is 19.7 Å². The van der Waals surface area contributed by atoms with Crippen LogP contribution in [0.4, 0.5) is 5.69 Å². The average Bonchev–Trinajstić information content (AvgIpc) is 2.36. The van der Waals surface area contributed by atoms with E-state index < -0.39 is 19.7 Å². The highest BCUT2D eigenvalue weighted by Gasteiger charge is 2.17. The van der Waals surface area contributed by atoms with E-state index in [0.717, 1.165) is 18.9 Å². The first-order valence-electron chi connectivity index (χ1n) is 6.47. The molecule has 0 saturated carbocycles. The number of sulfone groups is 2. The fourth-order valence-electron chi connectivity index (χ4n) is 1.75. The van der Waals surface area contributed by atoms with E-state index in [1.165, 1.54) is 18.2 Å². The van der Waals surface area contributed by atoms with Crippen LogP contribution in [-0.4, -0.2) is 41.3 Å². The summed E-state index contributed by atoms with van der Waals surface area (Å²) in [5, 5.41) is 3.03. The Bertz CT molecular complexity index is 699. The Balaban J connectivity index is 3.10. The summed E-state index contributed by atoms with van der Waals surface area (Å²) in [6.07, 6.45) is 3.61. The van der Waals surface area contributed by atoms with Crippen molar-refractivity contribution in [2.24, 2.45) is 0 Å². The van der Waals surface area contributed by atoms with Crippen molar-refractivity contribution in [3.63, 3.8) is 0 Å². The Morgan fingerprint density at radius 3 is 2.24 bits per heavy atom. The van der Waals surface area contributed by atoms with E-state index in [9.17, 15) is 16.8 Å². The van der Waals surface area contributed by atoms with Gasteiger partial charge in [0.15, 0.2) is 19.7 Å². The van der Waals surface area contributed by atoms with Crippen molar-refractivity contribution in [2.45, 2.75) is 34.9 Å². The Morgan fingerprint density at radius 1 is 1.14 bits per heavy atom. The largest absolute Gasteiger partial charge is 0.384 e. The molecule has 1 rings (SSSR count). The predicted molar refractivity (Wildman–Crippen MR) is 85.7 cm³/mol. The van der Waals surface area contributed by atoms with Gasteiger partial charge in [0, 0.05) is 24.4 Å². The van der Waals surface area contributed by atoms with E-state index >= 15 is 0 Å². The molecule has 0 heterocycles. The second-order valence-electron chi connectivity index (χ2n) is 4.92. The third kappa shape index (κ3) is 5.48. The number of alkyl halides is 1. The van der Waals surface area contributed by atoms with E-state index in [2.05, 4.69) is 5.32 Å². The summed E-state index contributed by atoms with van der Waals surface area (Å²) >= 11 is 6.01. The number of anilines is 1. The van der Waals surface area contributed by atoms with Gasteiger partial charge in [-0.15, -0.1) is 11.6 Å². The minimum absolute atomic E-state index is 0.0164. The molecule has 1 atom stereocenters. The smallest absolute Gasteiger partial charge is 0.177 e. The first kappa shape index (κ1) is 18.3. The van der Waals surface area contributed by atoms with E-state index in [1.807, 2.05) is 6.92 Å². The summed E-state index contributed by atoms with van der Waals surface area (Å²) in [4.78, 5) is -0.0368. The summed E-state index contributed by atoms with van der Waals surface area (Å²) in [5.74, 6) is 0. The Labute approximate surface area is 131 Å². The highest BCUT2D eigenvalue weighted by atomic mass is 35.5. The van der Waals surface area contributed by atoms with Crippen molar-refractivity contribution in [3.05, 3.63) is 18.2 Å². The maximum absolute atomic E-state index is 11.8. The fourth-order valence-corrected chi connectivity index (χ4v) is 3.47. The van der Waals surface area contributed by atoms with Gasteiger partial charge in [0.1, 0.15) is 0 Å². The quantitative estimate of drug-likeness (QED) is 0.761. The Morgan fingerprint density at radius 2 is 1.76 bits per heavy atom. The molecule has 0 saturated heterocycles. The van der Waals surface area contributed by atoms with Crippen molar-refractivity contribution >= 4 is 37.0 Å². The molecule has 8 heteroatoms. The molecule has 0 aliphatic heterocycles. The maximum atomic E-state index is 11.8. The molecule has 1 unspecified atom stereocenters. The zero-order valence-corrected chi connectivity index (χ0v) is 14.6. The molecule has 1 aromatic rings. The van der Waals surface area contributed by atoms with Crippen LogP contribution in [0.15, 0.2) is 28.0 Å². The maximum Gasteiger partial charge on any atom is 0.177 e. The van der Waals surface area contributed by atoms with Crippen LogP contribution in [0.5, 0.6) is 0 Å². The number of benzene rings is 1. The molecule has 1 aromatic carbocycles. The summed E-state index contributed by atoms with van der Waals surface area (Å²) in [6.45, 7) is 2.49. The Hall–Kier alpha value is -0.790. The molecule has 0 aliphatic carbocycles. The summed E-state index contributed by atoms with van der Waals surface area (Å²) < 4.78 is 46.7. The minimum atomic E-state index is -3.53. The van der Waals surface area contributed by atoms with Crippen LogP contribution in [0.25, 0.3) is 0 Å². The summed E-state index contributed by atoms with van der Waals surface area (Å²) in [7, 11) is -6.99. The molecule has 1 N–H and O–H groups in total. The zero-order chi connectivity index (χ0) is 16.3.